The molecule has 1 heterocycles. The van der Waals surface area contributed by atoms with E-state index in [1.807, 2.05) is 54.6 Å². The van der Waals surface area contributed by atoms with Gasteiger partial charge in [0.25, 0.3) is 0 Å². The minimum atomic E-state index is -0.975. The number of benzene rings is 3. The third kappa shape index (κ3) is 6.41. The molecule has 0 bridgehead atoms. The number of carbonyl (C=O) groups excluding carboxylic acids is 1. The summed E-state index contributed by atoms with van der Waals surface area (Å²) >= 11 is 0. The summed E-state index contributed by atoms with van der Waals surface area (Å²) in [6, 6.07) is 22.8. The maximum Gasteiger partial charge on any atom is 0.308 e. The molecule has 39 heavy (non-hydrogen) atoms. The Morgan fingerprint density at radius 1 is 1.00 bits per heavy atom. The molecule has 0 aliphatic heterocycles. The van der Waals surface area contributed by atoms with Gasteiger partial charge >= 0.3 is 5.97 Å². The Labute approximate surface area is 227 Å². The van der Waals surface area contributed by atoms with Gasteiger partial charge in [-0.3, -0.25) is 9.78 Å². The zero-order chi connectivity index (χ0) is 27.4. The predicted molar refractivity (Wildman–Crippen MR) is 151 cm³/mol. The summed E-state index contributed by atoms with van der Waals surface area (Å²) in [4.78, 5) is 16.6. The molecule has 1 saturated carbocycles. The second-order valence-electron chi connectivity index (χ2n) is 9.99. The van der Waals surface area contributed by atoms with Crippen molar-refractivity contribution in [2.75, 3.05) is 6.61 Å². The molecule has 6 heteroatoms. The SMILES string of the molecule is CCOC(=O)CC(O)CC(O)C=Cc1ccc(-c2c(C3CC3)nc3ccccc3c2-c2ccc(F)cc2)cc1. The fraction of sp³-hybridized carbons (Fsp3) is 0.273. The number of fused-ring (bicyclic) bond motifs is 1. The van der Waals surface area contributed by atoms with Crippen molar-refractivity contribution in [2.45, 2.75) is 50.7 Å². The minimum absolute atomic E-state index is 0.0436. The van der Waals surface area contributed by atoms with E-state index in [1.165, 1.54) is 12.1 Å². The quantitative estimate of drug-likeness (QED) is 0.226. The fourth-order valence-corrected chi connectivity index (χ4v) is 4.93. The summed E-state index contributed by atoms with van der Waals surface area (Å²) < 4.78 is 18.7. The van der Waals surface area contributed by atoms with Crippen molar-refractivity contribution < 1.29 is 24.1 Å². The number of rotatable bonds is 10. The molecule has 5 rings (SSSR count). The highest BCUT2D eigenvalue weighted by molar-refractivity contribution is 6.03. The third-order valence-electron chi connectivity index (χ3n) is 6.95. The first kappa shape index (κ1) is 26.7. The molecule has 2 unspecified atom stereocenters. The maximum absolute atomic E-state index is 13.8. The van der Waals surface area contributed by atoms with E-state index in [1.54, 1.807) is 19.1 Å². The average molecular weight is 526 g/mol. The minimum Gasteiger partial charge on any atom is -0.466 e. The summed E-state index contributed by atoms with van der Waals surface area (Å²) in [7, 11) is 0. The highest BCUT2D eigenvalue weighted by atomic mass is 19.1. The first-order valence-corrected chi connectivity index (χ1v) is 13.4. The molecule has 2 atom stereocenters. The van der Waals surface area contributed by atoms with Crippen molar-refractivity contribution in [3.63, 3.8) is 0 Å². The van der Waals surface area contributed by atoms with Crippen molar-refractivity contribution in [1.29, 1.82) is 0 Å². The molecule has 4 aromatic rings. The van der Waals surface area contributed by atoms with E-state index in [0.29, 0.717) is 5.92 Å². The van der Waals surface area contributed by atoms with Gasteiger partial charge in [0.15, 0.2) is 0 Å². The Morgan fingerprint density at radius 3 is 2.36 bits per heavy atom. The zero-order valence-corrected chi connectivity index (χ0v) is 21.9. The first-order valence-electron chi connectivity index (χ1n) is 13.4. The maximum atomic E-state index is 13.8. The van der Waals surface area contributed by atoms with Crippen molar-refractivity contribution in [3.8, 4) is 22.3 Å². The number of esters is 1. The number of carbonyl (C=O) groups is 1. The zero-order valence-electron chi connectivity index (χ0n) is 21.9. The van der Waals surface area contributed by atoms with Crippen LogP contribution in [0.25, 0.3) is 39.2 Å². The number of halogens is 1. The third-order valence-corrected chi connectivity index (χ3v) is 6.95. The summed E-state index contributed by atoms with van der Waals surface area (Å²) in [5, 5.41) is 21.4. The van der Waals surface area contributed by atoms with Gasteiger partial charge in [0.2, 0.25) is 0 Å². The van der Waals surface area contributed by atoms with Crippen LogP contribution in [0.3, 0.4) is 0 Å². The van der Waals surface area contributed by atoms with E-state index in [-0.39, 0.29) is 25.3 Å². The number of hydrogen-bond acceptors (Lipinski definition) is 5. The van der Waals surface area contributed by atoms with Gasteiger partial charge in [-0.05, 0) is 54.7 Å². The molecule has 1 aromatic heterocycles. The van der Waals surface area contributed by atoms with Gasteiger partial charge < -0.3 is 14.9 Å². The summed E-state index contributed by atoms with van der Waals surface area (Å²) in [5.41, 5.74) is 6.99. The van der Waals surface area contributed by atoms with Crippen molar-refractivity contribution in [1.82, 2.24) is 4.98 Å². The van der Waals surface area contributed by atoms with Gasteiger partial charge in [0.05, 0.1) is 36.4 Å². The molecule has 0 amide bonds. The number of ether oxygens (including phenoxy) is 1. The second kappa shape index (κ2) is 11.9. The monoisotopic (exact) mass is 525 g/mol. The van der Waals surface area contributed by atoms with Crippen LogP contribution in [0.2, 0.25) is 0 Å². The van der Waals surface area contributed by atoms with Gasteiger partial charge in [0, 0.05) is 28.9 Å². The lowest BCUT2D eigenvalue weighted by Crippen LogP contribution is -2.20. The molecule has 1 aliphatic carbocycles. The number of pyridine rings is 1. The highest BCUT2D eigenvalue weighted by Crippen LogP contribution is 2.48. The van der Waals surface area contributed by atoms with Crippen LogP contribution >= 0.6 is 0 Å². The van der Waals surface area contributed by atoms with E-state index in [2.05, 4.69) is 6.07 Å². The summed E-state index contributed by atoms with van der Waals surface area (Å²) in [6.07, 6.45) is 3.63. The molecule has 0 radical (unpaired) electrons. The molecule has 1 fully saturated rings. The number of nitrogens with zero attached hydrogens (tertiary/aromatic N) is 1. The first-order chi connectivity index (χ1) is 18.9. The Bertz CT molecular complexity index is 1480. The van der Waals surface area contributed by atoms with Crippen LogP contribution in [-0.4, -0.2) is 40.0 Å². The van der Waals surface area contributed by atoms with E-state index in [4.69, 9.17) is 9.72 Å². The fourth-order valence-electron chi connectivity index (χ4n) is 4.93. The molecular weight excluding hydrogens is 493 g/mol. The van der Waals surface area contributed by atoms with Crippen LogP contribution in [-0.2, 0) is 9.53 Å². The van der Waals surface area contributed by atoms with Gasteiger partial charge in [-0.15, -0.1) is 0 Å². The van der Waals surface area contributed by atoms with Crippen LogP contribution in [0.4, 0.5) is 4.39 Å². The normalized spacial score (nSPS) is 15.0. The van der Waals surface area contributed by atoms with Crippen molar-refractivity contribution >= 4 is 22.9 Å². The second-order valence-corrected chi connectivity index (χ2v) is 9.99. The molecule has 5 nitrogen and oxygen atoms in total. The molecular formula is C33H32FNO4. The molecule has 1 aliphatic rings. The van der Waals surface area contributed by atoms with E-state index in [9.17, 15) is 19.4 Å². The lowest BCUT2D eigenvalue weighted by molar-refractivity contribution is -0.145. The van der Waals surface area contributed by atoms with Crippen LogP contribution in [0.5, 0.6) is 0 Å². The number of aromatic nitrogens is 1. The van der Waals surface area contributed by atoms with Gasteiger partial charge in [-0.2, -0.15) is 0 Å². The Kier molecular flexibility index (Phi) is 8.15. The number of aliphatic hydroxyl groups is 2. The van der Waals surface area contributed by atoms with Crippen LogP contribution in [0.15, 0.2) is 78.9 Å². The Morgan fingerprint density at radius 2 is 1.67 bits per heavy atom. The molecule has 0 spiro atoms. The topological polar surface area (TPSA) is 79.7 Å². The largest absolute Gasteiger partial charge is 0.466 e. The van der Waals surface area contributed by atoms with Crippen molar-refractivity contribution in [2.24, 2.45) is 0 Å². The Hall–Kier alpha value is -3.87. The van der Waals surface area contributed by atoms with Gasteiger partial charge in [-0.25, -0.2) is 4.39 Å². The molecule has 2 N–H and O–H groups in total. The molecule has 200 valence electrons. The number of para-hydroxylation sites is 1. The van der Waals surface area contributed by atoms with Crippen LogP contribution in [0, 0.1) is 5.82 Å². The summed E-state index contributed by atoms with van der Waals surface area (Å²) in [6.45, 7) is 1.97. The lowest BCUT2D eigenvalue weighted by Gasteiger charge is -2.18. The highest BCUT2D eigenvalue weighted by Gasteiger charge is 2.30. The number of hydrogen-bond donors (Lipinski definition) is 2. The predicted octanol–water partition coefficient (Wildman–Crippen LogP) is 6.66. The number of aliphatic hydroxyl groups excluding tert-OH is 2. The smallest absolute Gasteiger partial charge is 0.308 e. The Balaban J connectivity index is 1.45. The van der Waals surface area contributed by atoms with Gasteiger partial charge in [-0.1, -0.05) is 66.7 Å². The van der Waals surface area contributed by atoms with Crippen LogP contribution < -0.4 is 0 Å². The van der Waals surface area contributed by atoms with Crippen molar-refractivity contribution in [3.05, 3.63) is 95.9 Å². The van der Waals surface area contributed by atoms with Gasteiger partial charge in [0.1, 0.15) is 5.82 Å². The van der Waals surface area contributed by atoms with Crippen LogP contribution in [0.1, 0.15) is 49.8 Å². The average Bonchev–Trinajstić information content (AvgIpc) is 3.77. The molecule has 0 saturated heterocycles. The molecule has 3 aromatic carbocycles. The van der Waals surface area contributed by atoms with E-state index < -0.39 is 18.2 Å². The summed E-state index contributed by atoms with van der Waals surface area (Å²) in [5.74, 6) is -0.349. The standard InChI is InChI=1S/C33H32FNO4/c1-2-39-30(38)20-27(37)19-26(36)18-9-21-7-10-23(11-8-21)32-31(22-14-16-25(34)17-15-22)28-5-3-4-6-29(28)35-33(32)24-12-13-24/h3-11,14-18,24,26-27,36-37H,2,12-13,19-20H2,1H3. The lowest BCUT2D eigenvalue weighted by atomic mass is 9.88. The van der Waals surface area contributed by atoms with E-state index in [0.717, 1.165) is 57.3 Å². The van der Waals surface area contributed by atoms with E-state index >= 15 is 0 Å².